The normalized spacial score (nSPS) is 14.1. The molecular weight excluding hydrogens is 278 g/mol. The third-order valence-electron chi connectivity index (χ3n) is 1.95. The Labute approximate surface area is 127 Å². The largest absolute Gasteiger partial charge is 0.469 e. The first-order valence-electron chi connectivity index (χ1n) is 6.86. The van der Waals surface area contributed by atoms with Gasteiger partial charge in [0.1, 0.15) is 5.60 Å². The lowest BCUT2D eigenvalue weighted by Gasteiger charge is -2.29. The van der Waals surface area contributed by atoms with E-state index in [1.54, 1.807) is 4.90 Å². The van der Waals surface area contributed by atoms with Gasteiger partial charge in [-0.15, -0.1) is 0 Å². The van der Waals surface area contributed by atoms with Gasteiger partial charge < -0.3 is 14.4 Å². The molecule has 6 heteroatoms. The Balaban J connectivity index is 0. The molecule has 0 atom stereocenters. The first kappa shape index (κ1) is 21.4. The zero-order valence-electron chi connectivity index (χ0n) is 13.8. The van der Waals surface area contributed by atoms with Gasteiger partial charge >= 0.3 is 12.1 Å². The van der Waals surface area contributed by atoms with Crippen LogP contribution in [0.15, 0.2) is 0 Å². The Morgan fingerprint density at radius 1 is 1.10 bits per heavy atom. The molecule has 1 fully saturated rings. The minimum Gasteiger partial charge on any atom is -0.469 e. The van der Waals surface area contributed by atoms with Gasteiger partial charge in [0.15, 0.2) is 0 Å². The average molecular weight is 307 g/mol. The van der Waals surface area contributed by atoms with Crippen LogP contribution in [-0.4, -0.2) is 54.3 Å². The van der Waals surface area contributed by atoms with Crippen LogP contribution in [0.2, 0.25) is 0 Å². The average Bonchev–Trinajstić information content (AvgIpc) is 2.41. The van der Waals surface area contributed by atoms with Crippen LogP contribution >= 0.6 is 11.8 Å². The zero-order chi connectivity index (χ0) is 16.2. The Morgan fingerprint density at radius 3 is 1.80 bits per heavy atom. The SMILES string of the molecule is CC.CC(C)(C)OC(=O)N1CCSCC1.COC(C)=O. The lowest BCUT2D eigenvalue weighted by atomic mass is 10.2. The van der Waals surface area contributed by atoms with Crippen molar-refractivity contribution in [1.82, 2.24) is 4.90 Å². The second-order valence-corrected chi connectivity index (χ2v) is 6.00. The number of amides is 1. The molecule has 0 aromatic heterocycles. The Hall–Kier alpha value is -0.910. The van der Waals surface area contributed by atoms with Gasteiger partial charge in [-0.3, -0.25) is 4.79 Å². The van der Waals surface area contributed by atoms with E-state index < -0.39 is 0 Å². The van der Waals surface area contributed by atoms with Crippen LogP contribution in [0.1, 0.15) is 41.5 Å². The number of hydrogen-bond acceptors (Lipinski definition) is 5. The van der Waals surface area contributed by atoms with Crippen molar-refractivity contribution in [2.45, 2.75) is 47.1 Å². The molecule has 5 nitrogen and oxygen atoms in total. The second kappa shape index (κ2) is 11.9. The highest BCUT2D eigenvalue weighted by atomic mass is 32.2. The summed E-state index contributed by atoms with van der Waals surface area (Å²) in [5.74, 6) is 1.81. The molecule has 0 bridgehead atoms. The van der Waals surface area contributed by atoms with Gasteiger partial charge in [0.25, 0.3) is 0 Å². The van der Waals surface area contributed by atoms with E-state index in [1.807, 2.05) is 46.4 Å². The second-order valence-electron chi connectivity index (χ2n) is 4.78. The smallest absolute Gasteiger partial charge is 0.410 e. The lowest BCUT2D eigenvalue weighted by molar-refractivity contribution is -0.137. The number of hydrogen-bond donors (Lipinski definition) is 0. The van der Waals surface area contributed by atoms with E-state index in [0.717, 1.165) is 24.6 Å². The van der Waals surface area contributed by atoms with Crippen molar-refractivity contribution >= 4 is 23.8 Å². The highest BCUT2D eigenvalue weighted by Crippen LogP contribution is 2.14. The summed E-state index contributed by atoms with van der Waals surface area (Å²) in [6, 6.07) is 0. The van der Waals surface area contributed by atoms with E-state index in [0.29, 0.717) is 0 Å². The summed E-state index contributed by atoms with van der Waals surface area (Å²) >= 11 is 1.88. The third kappa shape index (κ3) is 13.5. The van der Waals surface area contributed by atoms with E-state index in [9.17, 15) is 9.59 Å². The molecule has 1 heterocycles. The van der Waals surface area contributed by atoms with Gasteiger partial charge in [-0.2, -0.15) is 11.8 Å². The summed E-state index contributed by atoms with van der Waals surface area (Å²) < 4.78 is 9.37. The fourth-order valence-corrected chi connectivity index (χ4v) is 1.98. The molecular formula is C14H29NO4S. The highest BCUT2D eigenvalue weighted by molar-refractivity contribution is 7.99. The van der Waals surface area contributed by atoms with Gasteiger partial charge in [-0.05, 0) is 20.8 Å². The molecule has 20 heavy (non-hydrogen) atoms. The summed E-state index contributed by atoms with van der Waals surface area (Å²) in [4.78, 5) is 22.9. The van der Waals surface area contributed by atoms with Gasteiger partial charge in [-0.25, -0.2) is 4.79 Å². The van der Waals surface area contributed by atoms with Crippen LogP contribution in [0.4, 0.5) is 4.79 Å². The summed E-state index contributed by atoms with van der Waals surface area (Å²) in [7, 11) is 1.35. The van der Waals surface area contributed by atoms with Crippen molar-refractivity contribution in [2.24, 2.45) is 0 Å². The van der Waals surface area contributed by atoms with Crippen LogP contribution in [0, 0.1) is 0 Å². The van der Waals surface area contributed by atoms with Crippen LogP contribution in [0.5, 0.6) is 0 Å². The molecule has 0 radical (unpaired) electrons. The molecule has 0 aliphatic carbocycles. The van der Waals surface area contributed by atoms with Crippen molar-refractivity contribution in [3.8, 4) is 0 Å². The van der Waals surface area contributed by atoms with Gasteiger partial charge in [0, 0.05) is 31.5 Å². The minimum atomic E-state index is -0.373. The van der Waals surface area contributed by atoms with Crippen LogP contribution < -0.4 is 0 Å². The van der Waals surface area contributed by atoms with E-state index in [1.165, 1.54) is 14.0 Å². The summed E-state index contributed by atoms with van der Waals surface area (Å²) in [5, 5.41) is 0. The van der Waals surface area contributed by atoms with E-state index in [-0.39, 0.29) is 17.7 Å². The van der Waals surface area contributed by atoms with Crippen molar-refractivity contribution in [3.63, 3.8) is 0 Å². The molecule has 1 saturated heterocycles. The van der Waals surface area contributed by atoms with E-state index in [2.05, 4.69) is 4.74 Å². The molecule has 0 N–H and O–H groups in total. The molecule has 0 spiro atoms. The Morgan fingerprint density at radius 2 is 1.50 bits per heavy atom. The number of rotatable bonds is 0. The number of esters is 1. The lowest BCUT2D eigenvalue weighted by Crippen LogP contribution is -2.41. The first-order chi connectivity index (χ1) is 9.26. The quantitative estimate of drug-likeness (QED) is 0.643. The van der Waals surface area contributed by atoms with Crippen LogP contribution in [0.3, 0.4) is 0 Å². The molecule has 120 valence electrons. The number of ether oxygens (including phenoxy) is 2. The molecule has 0 aromatic rings. The maximum absolute atomic E-state index is 11.5. The van der Waals surface area contributed by atoms with Gasteiger partial charge in [0.2, 0.25) is 0 Å². The van der Waals surface area contributed by atoms with Crippen LogP contribution in [-0.2, 0) is 14.3 Å². The molecule has 0 unspecified atom stereocenters. The maximum atomic E-state index is 11.5. The fraction of sp³-hybridized carbons (Fsp3) is 0.857. The van der Waals surface area contributed by atoms with E-state index in [4.69, 9.17) is 4.74 Å². The van der Waals surface area contributed by atoms with Crippen molar-refractivity contribution in [2.75, 3.05) is 31.7 Å². The number of carbonyl (C=O) groups excluding carboxylic acids is 2. The van der Waals surface area contributed by atoms with Gasteiger partial charge in [-0.1, -0.05) is 13.8 Å². The zero-order valence-corrected chi connectivity index (χ0v) is 14.6. The molecule has 1 amide bonds. The number of methoxy groups -OCH3 is 1. The Kier molecular flexibility index (Phi) is 12.7. The Bertz CT molecular complexity index is 271. The molecule has 0 aromatic carbocycles. The first-order valence-corrected chi connectivity index (χ1v) is 8.02. The van der Waals surface area contributed by atoms with Crippen molar-refractivity contribution in [3.05, 3.63) is 0 Å². The number of nitrogens with zero attached hydrogens (tertiary/aromatic N) is 1. The summed E-state index contributed by atoms with van der Waals surface area (Å²) in [6.07, 6.45) is -0.173. The maximum Gasteiger partial charge on any atom is 0.410 e. The molecule has 1 aliphatic rings. The highest BCUT2D eigenvalue weighted by Gasteiger charge is 2.23. The predicted octanol–water partition coefficient (Wildman–Crippen LogP) is 3.18. The predicted molar refractivity (Wildman–Crippen MR) is 84.2 cm³/mol. The topological polar surface area (TPSA) is 55.8 Å². The number of thioether (sulfide) groups is 1. The molecule has 0 saturated carbocycles. The van der Waals surface area contributed by atoms with Gasteiger partial charge in [0.05, 0.1) is 7.11 Å². The van der Waals surface area contributed by atoms with Crippen molar-refractivity contribution < 1.29 is 19.1 Å². The van der Waals surface area contributed by atoms with Crippen molar-refractivity contribution in [1.29, 1.82) is 0 Å². The van der Waals surface area contributed by atoms with E-state index >= 15 is 0 Å². The third-order valence-corrected chi connectivity index (χ3v) is 2.89. The van der Waals surface area contributed by atoms with Crippen LogP contribution in [0.25, 0.3) is 0 Å². The summed E-state index contributed by atoms with van der Waals surface area (Å²) in [6.45, 7) is 12.7. The standard InChI is InChI=1S/C9H17NO2S.C3H6O2.C2H6/c1-9(2,3)12-8(11)10-4-6-13-7-5-10;1-3(4)5-2;1-2/h4-7H2,1-3H3;1-2H3;1-2H3. The molecule has 1 aliphatic heterocycles. The fourth-order valence-electron chi connectivity index (χ4n) is 1.07. The molecule has 1 rings (SSSR count). The summed E-state index contributed by atoms with van der Waals surface area (Å²) in [5.41, 5.74) is -0.373. The number of carbonyl (C=O) groups is 2. The monoisotopic (exact) mass is 307 g/mol. The minimum absolute atomic E-state index is 0.173.